The Bertz CT molecular complexity index is 656. The van der Waals surface area contributed by atoms with Gasteiger partial charge in [-0.15, -0.1) is 0 Å². The summed E-state index contributed by atoms with van der Waals surface area (Å²) >= 11 is 0. The predicted molar refractivity (Wildman–Crippen MR) is 121 cm³/mol. The standard InChI is InChI=1S/C27H46O3/c1-9-27(26(6,7)8,15-25(3,4)5)24(28)30-16(2)29-21-14-19-13-20(21)23-18-11-10-17(12-18)22(19)23/h16-23H,9-15H2,1-8H3. The summed E-state index contributed by atoms with van der Waals surface area (Å²) in [5, 5.41) is 0. The Labute approximate surface area is 185 Å². The van der Waals surface area contributed by atoms with E-state index < -0.39 is 11.7 Å². The fraction of sp³-hybridized carbons (Fsp3) is 0.963. The lowest BCUT2D eigenvalue weighted by Crippen LogP contribution is -2.47. The molecule has 0 aromatic rings. The van der Waals surface area contributed by atoms with Crippen LogP contribution in [0.5, 0.6) is 0 Å². The van der Waals surface area contributed by atoms with Gasteiger partial charge in [-0.25, -0.2) is 0 Å². The van der Waals surface area contributed by atoms with Crippen molar-refractivity contribution in [3.05, 3.63) is 0 Å². The predicted octanol–water partition coefficient (Wildman–Crippen LogP) is 6.84. The molecular formula is C27H46O3. The molecule has 0 aromatic heterocycles. The quantitative estimate of drug-likeness (QED) is 0.269. The monoisotopic (exact) mass is 418 g/mol. The van der Waals surface area contributed by atoms with Crippen LogP contribution in [-0.4, -0.2) is 18.4 Å². The maximum atomic E-state index is 13.5. The Morgan fingerprint density at radius 2 is 1.57 bits per heavy atom. The van der Waals surface area contributed by atoms with Crippen LogP contribution in [0.25, 0.3) is 0 Å². The highest BCUT2D eigenvalue weighted by Gasteiger charge is 2.63. The molecule has 3 heteroatoms. The minimum absolute atomic E-state index is 0.0633. The van der Waals surface area contributed by atoms with Gasteiger partial charge in [-0.1, -0.05) is 48.5 Å². The summed E-state index contributed by atoms with van der Waals surface area (Å²) in [6.07, 6.45) is 8.43. The third-order valence-corrected chi connectivity index (χ3v) is 9.57. The van der Waals surface area contributed by atoms with Crippen molar-refractivity contribution in [1.82, 2.24) is 0 Å². The summed E-state index contributed by atoms with van der Waals surface area (Å²) in [7, 11) is 0. The van der Waals surface area contributed by atoms with Crippen molar-refractivity contribution in [2.75, 3.05) is 0 Å². The van der Waals surface area contributed by atoms with E-state index in [2.05, 4.69) is 48.5 Å². The van der Waals surface area contributed by atoms with Gasteiger partial charge in [0.2, 0.25) is 0 Å². The third kappa shape index (κ3) is 3.65. The van der Waals surface area contributed by atoms with E-state index in [1.807, 2.05) is 6.92 Å². The molecule has 0 saturated heterocycles. The summed E-state index contributed by atoms with van der Waals surface area (Å²) in [5.41, 5.74) is -0.588. The van der Waals surface area contributed by atoms with Gasteiger partial charge in [-0.2, -0.15) is 0 Å². The van der Waals surface area contributed by atoms with Crippen LogP contribution < -0.4 is 0 Å². The molecule has 0 spiro atoms. The SMILES string of the molecule is CCC(CC(C)(C)C)(C(=O)OC(C)OC1CC2CC1C1C3CCC(C3)C21)C(C)(C)C. The zero-order valence-electron chi connectivity index (χ0n) is 20.8. The molecule has 4 fully saturated rings. The first-order chi connectivity index (χ1) is 13.9. The van der Waals surface area contributed by atoms with Gasteiger partial charge in [0.25, 0.3) is 0 Å². The lowest BCUT2D eigenvalue weighted by molar-refractivity contribution is -0.211. The summed E-state index contributed by atoms with van der Waals surface area (Å²) < 4.78 is 12.5. The summed E-state index contributed by atoms with van der Waals surface area (Å²) in [6.45, 7) is 17.3. The molecule has 9 unspecified atom stereocenters. The van der Waals surface area contributed by atoms with Gasteiger partial charge in [-0.05, 0) is 98.2 Å². The zero-order valence-corrected chi connectivity index (χ0v) is 20.8. The van der Waals surface area contributed by atoms with Crippen molar-refractivity contribution >= 4 is 5.97 Å². The largest absolute Gasteiger partial charge is 0.436 e. The first-order valence-electron chi connectivity index (χ1n) is 12.7. The van der Waals surface area contributed by atoms with Crippen LogP contribution in [0.2, 0.25) is 0 Å². The molecule has 0 radical (unpaired) electrons. The number of rotatable bonds is 6. The Kier molecular flexibility index (Phi) is 5.65. The van der Waals surface area contributed by atoms with E-state index in [4.69, 9.17) is 9.47 Å². The highest BCUT2D eigenvalue weighted by atomic mass is 16.7. The molecule has 0 aliphatic heterocycles. The molecule has 0 N–H and O–H groups in total. The van der Waals surface area contributed by atoms with Crippen LogP contribution in [0, 0.1) is 51.8 Å². The molecule has 30 heavy (non-hydrogen) atoms. The molecule has 0 heterocycles. The summed E-state index contributed by atoms with van der Waals surface area (Å²) in [6, 6.07) is 0. The van der Waals surface area contributed by atoms with E-state index >= 15 is 0 Å². The Balaban J connectivity index is 1.41. The topological polar surface area (TPSA) is 35.5 Å². The van der Waals surface area contributed by atoms with E-state index in [1.54, 1.807) is 0 Å². The number of hydrogen-bond donors (Lipinski definition) is 0. The molecule has 3 nitrogen and oxygen atoms in total. The lowest BCUT2D eigenvalue weighted by atomic mass is 9.59. The van der Waals surface area contributed by atoms with E-state index in [0.717, 1.165) is 42.4 Å². The van der Waals surface area contributed by atoms with E-state index in [9.17, 15) is 4.79 Å². The average Bonchev–Trinajstić information content (AvgIpc) is 3.36. The van der Waals surface area contributed by atoms with Crippen LogP contribution in [0.4, 0.5) is 0 Å². The molecule has 4 aliphatic rings. The number of esters is 1. The molecule has 4 saturated carbocycles. The maximum absolute atomic E-state index is 13.5. The zero-order chi connectivity index (χ0) is 22.1. The average molecular weight is 419 g/mol. The normalized spacial score (nSPS) is 40.3. The lowest BCUT2D eigenvalue weighted by Gasteiger charge is -2.46. The Morgan fingerprint density at radius 3 is 2.13 bits per heavy atom. The molecule has 0 amide bonds. The van der Waals surface area contributed by atoms with E-state index in [1.165, 1.54) is 32.1 Å². The van der Waals surface area contributed by atoms with E-state index in [0.29, 0.717) is 12.0 Å². The van der Waals surface area contributed by atoms with Gasteiger partial charge >= 0.3 is 5.97 Å². The second-order valence-corrected chi connectivity index (χ2v) is 13.5. The van der Waals surface area contributed by atoms with Crippen molar-refractivity contribution in [3.63, 3.8) is 0 Å². The number of hydrogen-bond acceptors (Lipinski definition) is 3. The molecule has 4 aliphatic carbocycles. The minimum Gasteiger partial charge on any atom is -0.436 e. The van der Waals surface area contributed by atoms with Gasteiger partial charge in [-0.3, -0.25) is 4.79 Å². The molecule has 172 valence electrons. The van der Waals surface area contributed by atoms with Crippen molar-refractivity contribution in [2.45, 2.75) is 113 Å². The van der Waals surface area contributed by atoms with Gasteiger partial charge in [0, 0.05) is 0 Å². The second-order valence-electron chi connectivity index (χ2n) is 13.5. The molecule has 4 rings (SSSR count). The Hall–Kier alpha value is -0.570. The van der Waals surface area contributed by atoms with Crippen molar-refractivity contribution in [3.8, 4) is 0 Å². The summed E-state index contributed by atoms with van der Waals surface area (Å²) in [4.78, 5) is 13.5. The maximum Gasteiger partial charge on any atom is 0.314 e. The van der Waals surface area contributed by atoms with E-state index in [-0.39, 0.29) is 16.8 Å². The molecular weight excluding hydrogens is 372 g/mol. The first kappa shape index (κ1) is 22.6. The first-order valence-corrected chi connectivity index (χ1v) is 12.7. The molecule has 4 bridgehead atoms. The van der Waals surface area contributed by atoms with Crippen LogP contribution in [0.3, 0.4) is 0 Å². The van der Waals surface area contributed by atoms with Crippen LogP contribution in [0.15, 0.2) is 0 Å². The van der Waals surface area contributed by atoms with Crippen LogP contribution in [0.1, 0.15) is 100 Å². The number of carbonyl (C=O) groups excluding carboxylic acids is 1. The fourth-order valence-corrected chi connectivity index (χ4v) is 8.55. The van der Waals surface area contributed by atoms with Crippen molar-refractivity contribution < 1.29 is 14.3 Å². The van der Waals surface area contributed by atoms with Crippen molar-refractivity contribution in [1.29, 1.82) is 0 Å². The second kappa shape index (κ2) is 7.49. The summed E-state index contributed by atoms with van der Waals surface area (Å²) in [5.74, 6) is 5.38. The van der Waals surface area contributed by atoms with Crippen LogP contribution in [-0.2, 0) is 14.3 Å². The number of fused-ring (bicyclic) bond motifs is 9. The van der Waals surface area contributed by atoms with Crippen molar-refractivity contribution in [2.24, 2.45) is 51.8 Å². The fourth-order valence-electron chi connectivity index (χ4n) is 8.55. The highest BCUT2D eigenvalue weighted by molar-refractivity contribution is 5.78. The smallest absolute Gasteiger partial charge is 0.314 e. The highest BCUT2D eigenvalue weighted by Crippen LogP contribution is 2.67. The molecule has 9 atom stereocenters. The Morgan fingerprint density at radius 1 is 0.933 bits per heavy atom. The number of ether oxygens (including phenoxy) is 2. The van der Waals surface area contributed by atoms with Gasteiger partial charge in [0.1, 0.15) is 0 Å². The van der Waals surface area contributed by atoms with Gasteiger partial charge in [0.05, 0.1) is 11.5 Å². The third-order valence-electron chi connectivity index (χ3n) is 9.57. The van der Waals surface area contributed by atoms with Gasteiger partial charge < -0.3 is 9.47 Å². The van der Waals surface area contributed by atoms with Crippen LogP contribution >= 0.6 is 0 Å². The number of carbonyl (C=O) groups is 1. The molecule has 0 aromatic carbocycles. The minimum atomic E-state index is -0.493. The van der Waals surface area contributed by atoms with Gasteiger partial charge in [0.15, 0.2) is 6.29 Å².